The minimum Gasteiger partial charge on any atom is -0.472 e. The van der Waals surface area contributed by atoms with Crippen molar-refractivity contribution in [3.05, 3.63) is 59.5 Å². The van der Waals surface area contributed by atoms with Gasteiger partial charge in [0.1, 0.15) is 11.3 Å². The summed E-state index contributed by atoms with van der Waals surface area (Å²) in [5.41, 5.74) is 4.11. The van der Waals surface area contributed by atoms with E-state index in [2.05, 4.69) is 15.2 Å². The zero-order valence-electron chi connectivity index (χ0n) is 13.4. The molecule has 3 aromatic heterocycles. The molecule has 0 saturated heterocycles. The minimum absolute atomic E-state index is 0.653. The van der Waals surface area contributed by atoms with E-state index in [9.17, 15) is 0 Å². The van der Waals surface area contributed by atoms with E-state index in [4.69, 9.17) is 10.3 Å². The Bertz CT molecular complexity index is 973. The molecule has 0 saturated carbocycles. The Morgan fingerprint density at radius 1 is 1.16 bits per heavy atom. The molecule has 0 amide bonds. The number of hydrogen-bond acceptors (Lipinski definition) is 7. The van der Waals surface area contributed by atoms with Crippen LogP contribution in [-0.4, -0.2) is 19.9 Å². The summed E-state index contributed by atoms with van der Waals surface area (Å²) < 4.78 is 6.63. The van der Waals surface area contributed by atoms with Gasteiger partial charge in [0.2, 0.25) is 5.16 Å². The highest BCUT2D eigenvalue weighted by Gasteiger charge is 2.13. The van der Waals surface area contributed by atoms with Gasteiger partial charge in [-0.3, -0.25) is 0 Å². The van der Waals surface area contributed by atoms with Crippen molar-refractivity contribution in [3.8, 4) is 22.0 Å². The lowest BCUT2D eigenvalue weighted by atomic mass is 10.1. The number of furan rings is 1. The number of benzene rings is 1. The molecule has 0 aliphatic rings. The van der Waals surface area contributed by atoms with Gasteiger partial charge in [0, 0.05) is 22.3 Å². The summed E-state index contributed by atoms with van der Waals surface area (Å²) in [5.74, 6) is 7.49. The molecule has 4 rings (SSSR count). The third kappa shape index (κ3) is 3.31. The van der Waals surface area contributed by atoms with Crippen LogP contribution in [0.15, 0.2) is 57.8 Å². The number of aryl methyl sites for hydroxylation is 1. The maximum atomic E-state index is 6.16. The fourth-order valence-electron chi connectivity index (χ4n) is 2.31. The molecular weight excluding hydrogens is 354 g/mol. The molecule has 0 radical (unpaired) electrons. The molecule has 6 nitrogen and oxygen atoms in total. The lowest BCUT2D eigenvalue weighted by Gasteiger charge is -2.03. The van der Waals surface area contributed by atoms with E-state index < -0.39 is 0 Å². The number of aromatic nitrogens is 4. The summed E-state index contributed by atoms with van der Waals surface area (Å²) in [6.07, 6.45) is 3.34. The summed E-state index contributed by atoms with van der Waals surface area (Å²) in [7, 11) is 0. The second-order valence-corrected chi connectivity index (χ2v) is 7.29. The molecule has 0 atom stereocenters. The highest BCUT2D eigenvalue weighted by molar-refractivity contribution is 7.98. The number of thiazole rings is 1. The number of hydrogen-bond donors (Lipinski definition) is 1. The molecule has 2 N–H and O–H groups in total. The van der Waals surface area contributed by atoms with Gasteiger partial charge in [-0.25, -0.2) is 9.66 Å². The topological polar surface area (TPSA) is 82.8 Å². The van der Waals surface area contributed by atoms with Gasteiger partial charge in [-0.15, -0.1) is 21.5 Å². The minimum atomic E-state index is 0.653. The third-order valence-electron chi connectivity index (χ3n) is 3.64. The average molecular weight is 369 g/mol. The first-order chi connectivity index (χ1) is 12.2. The largest absolute Gasteiger partial charge is 0.472 e. The number of rotatable bonds is 5. The first kappa shape index (κ1) is 15.9. The van der Waals surface area contributed by atoms with Gasteiger partial charge >= 0.3 is 0 Å². The Kier molecular flexibility index (Phi) is 4.29. The van der Waals surface area contributed by atoms with Crippen LogP contribution in [0.4, 0.5) is 0 Å². The number of thioether (sulfide) groups is 1. The predicted molar refractivity (Wildman–Crippen MR) is 99.7 cm³/mol. The van der Waals surface area contributed by atoms with Crippen molar-refractivity contribution in [2.45, 2.75) is 17.8 Å². The summed E-state index contributed by atoms with van der Waals surface area (Å²) in [6.45, 7) is 2.05. The highest BCUT2D eigenvalue weighted by atomic mass is 32.2. The van der Waals surface area contributed by atoms with Crippen molar-refractivity contribution >= 4 is 23.1 Å². The zero-order valence-corrected chi connectivity index (χ0v) is 15.0. The van der Waals surface area contributed by atoms with Crippen molar-refractivity contribution in [3.63, 3.8) is 0 Å². The van der Waals surface area contributed by atoms with Crippen LogP contribution in [0.1, 0.15) is 11.3 Å². The molecule has 25 heavy (non-hydrogen) atoms. The molecule has 1 aromatic carbocycles. The SMILES string of the molecule is Cc1ccc(-c2nnc(SCc3csc(-c4ccoc4)n3)n2N)cc1. The van der Waals surface area contributed by atoms with Gasteiger partial charge < -0.3 is 10.3 Å². The first-order valence-corrected chi connectivity index (χ1v) is 9.44. The smallest absolute Gasteiger partial charge is 0.210 e. The third-order valence-corrected chi connectivity index (χ3v) is 5.56. The Hall–Kier alpha value is -2.58. The Morgan fingerprint density at radius 2 is 2.00 bits per heavy atom. The van der Waals surface area contributed by atoms with Crippen molar-refractivity contribution in [2.75, 3.05) is 5.84 Å². The first-order valence-electron chi connectivity index (χ1n) is 7.58. The molecule has 8 heteroatoms. The normalized spacial score (nSPS) is 11.1. The van der Waals surface area contributed by atoms with Gasteiger partial charge in [0.25, 0.3) is 0 Å². The predicted octanol–water partition coefficient (Wildman–Crippen LogP) is 3.98. The Balaban J connectivity index is 1.48. The number of nitrogens with two attached hydrogens (primary N) is 1. The quantitative estimate of drug-likeness (QED) is 0.423. The summed E-state index contributed by atoms with van der Waals surface area (Å²) in [4.78, 5) is 4.61. The van der Waals surface area contributed by atoms with E-state index in [1.807, 2.05) is 42.6 Å². The molecule has 126 valence electrons. The van der Waals surface area contributed by atoms with Gasteiger partial charge in [-0.05, 0) is 13.0 Å². The van der Waals surface area contributed by atoms with E-state index in [1.165, 1.54) is 22.0 Å². The maximum Gasteiger partial charge on any atom is 0.210 e. The van der Waals surface area contributed by atoms with Gasteiger partial charge in [-0.2, -0.15) is 0 Å². The summed E-state index contributed by atoms with van der Waals surface area (Å²) in [5, 5.41) is 12.0. The number of nitrogens with zero attached hydrogens (tertiary/aromatic N) is 4. The van der Waals surface area contributed by atoms with Gasteiger partial charge in [-0.1, -0.05) is 41.6 Å². The average Bonchev–Trinajstić information content (AvgIpc) is 3.35. The lowest BCUT2D eigenvalue weighted by molar-refractivity contribution is 0.568. The van der Waals surface area contributed by atoms with E-state index in [1.54, 1.807) is 23.9 Å². The second-order valence-electron chi connectivity index (χ2n) is 5.49. The van der Waals surface area contributed by atoms with Crippen LogP contribution in [0.5, 0.6) is 0 Å². The second kappa shape index (κ2) is 6.73. The molecule has 0 aliphatic heterocycles. The molecule has 3 heterocycles. The fraction of sp³-hybridized carbons (Fsp3) is 0.118. The van der Waals surface area contributed by atoms with Gasteiger partial charge in [0.15, 0.2) is 5.82 Å². The summed E-state index contributed by atoms with van der Waals surface area (Å²) in [6, 6.07) is 9.96. The lowest BCUT2D eigenvalue weighted by Crippen LogP contribution is -2.11. The molecule has 0 unspecified atom stereocenters. The van der Waals surface area contributed by atoms with Crippen LogP contribution >= 0.6 is 23.1 Å². The standard InChI is InChI=1S/C17H15N5OS2/c1-11-2-4-12(5-3-11)15-20-21-17(22(15)18)25-10-14-9-24-16(19-14)13-6-7-23-8-13/h2-9H,10,18H2,1H3. The van der Waals surface area contributed by atoms with Crippen LogP contribution in [0.3, 0.4) is 0 Å². The van der Waals surface area contributed by atoms with E-state index in [-0.39, 0.29) is 0 Å². The van der Waals surface area contributed by atoms with E-state index >= 15 is 0 Å². The number of nitrogen functional groups attached to an aromatic ring is 1. The van der Waals surface area contributed by atoms with Crippen molar-refractivity contribution < 1.29 is 4.42 Å². The maximum absolute atomic E-state index is 6.16. The Labute approximate surface area is 152 Å². The zero-order chi connectivity index (χ0) is 17.2. The van der Waals surface area contributed by atoms with Crippen molar-refractivity contribution in [1.82, 2.24) is 19.9 Å². The molecule has 0 bridgehead atoms. The molecule has 4 aromatic rings. The summed E-state index contributed by atoms with van der Waals surface area (Å²) >= 11 is 3.11. The molecular formula is C17H15N5OS2. The van der Waals surface area contributed by atoms with E-state index in [0.717, 1.165) is 21.8 Å². The Morgan fingerprint density at radius 3 is 2.76 bits per heavy atom. The fourth-order valence-corrected chi connectivity index (χ4v) is 3.97. The van der Waals surface area contributed by atoms with Crippen molar-refractivity contribution in [2.24, 2.45) is 0 Å². The van der Waals surface area contributed by atoms with Crippen LogP contribution < -0.4 is 5.84 Å². The van der Waals surface area contributed by atoms with Crippen molar-refractivity contribution in [1.29, 1.82) is 0 Å². The van der Waals surface area contributed by atoms with Crippen LogP contribution in [-0.2, 0) is 5.75 Å². The molecule has 0 fully saturated rings. The van der Waals surface area contributed by atoms with E-state index in [0.29, 0.717) is 16.7 Å². The van der Waals surface area contributed by atoms with Crippen LogP contribution in [0, 0.1) is 6.92 Å². The monoisotopic (exact) mass is 369 g/mol. The molecule has 0 spiro atoms. The van der Waals surface area contributed by atoms with Crippen LogP contribution in [0.25, 0.3) is 22.0 Å². The highest BCUT2D eigenvalue weighted by Crippen LogP contribution is 2.28. The van der Waals surface area contributed by atoms with Gasteiger partial charge in [0.05, 0.1) is 12.0 Å². The van der Waals surface area contributed by atoms with Crippen LogP contribution in [0.2, 0.25) is 0 Å². The molecule has 0 aliphatic carbocycles.